The van der Waals surface area contributed by atoms with Crippen molar-refractivity contribution in [2.24, 2.45) is 0 Å². The Kier molecular flexibility index (Phi) is 7.23. The molecule has 1 aliphatic rings. The molecule has 0 saturated carbocycles. The molecule has 1 fully saturated rings. The molecule has 29 heavy (non-hydrogen) atoms. The average molecular weight is 440 g/mol. The Hall–Kier alpha value is -2.00. The maximum absolute atomic E-state index is 13.0. The van der Waals surface area contributed by atoms with Crippen LogP contribution in [0.5, 0.6) is 0 Å². The van der Waals surface area contributed by atoms with Gasteiger partial charge in [0.05, 0.1) is 11.3 Å². The Labute approximate surface area is 175 Å². The molecule has 0 atom stereocenters. The van der Waals surface area contributed by atoms with Crippen molar-refractivity contribution in [3.05, 3.63) is 64.9 Å². The number of hydrogen-bond donors (Lipinski definition) is 1. The van der Waals surface area contributed by atoms with Crippen LogP contribution in [0.15, 0.2) is 53.4 Å². The van der Waals surface area contributed by atoms with Crippen molar-refractivity contribution in [1.82, 2.24) is 14.5 Å². The summed E-state index contributed by atoms with van der Waals surface area (Å²) in [5.74, 6) is -0.531. The number of rotatable bonds is 7. The highest BCUT2D eigenvalue weighted by molar-refractivity contribution is 7.89. The molecule has 156 valence electrons. The Morgan fingerprint density at radius 2 is 1.62 bits per heavy atom. The average Bonchev–Trinajstić information content (AvgIpc) is 2.70. The topological polar surface area (TPSA) is 69.7 Å². The zero-order valence-electron chi connectivity index (χ0n) is 15.9. The lowest BCUT2D eigenvalue weighted by atomic mass is 10.1. The van der Waals surface area contributed by atoms with E-state index >= 15 is 0 Å². The summed E-state index contributed by atoms with van der Waals surface area (Å²) in [5.41, 5.74) is 0.895. The van der Waals surface area contributed by atoms with Gasteiger partial charge in [-0.1, -0.05) is 23.7 Å². The summed E-state index contributed by atoms with van der Waals surface area (Å²) in [7, 11) is -3.61. The van der Waals surface area contributed by atoms with Gasteiger partial charge in [0, 0.05) is 44.3 Å². The summed E-state index contributed by atoms with van der Waals surface area (Å²) in [6, 6.07) is 12.0. The van der Waals surface area contributed by atoms with Crippen LogP contribution >= 0.6 is 11.6 Å². The van der Waals surface area contributed by atoms with E-state index in [4.69, 9.17) is 11.6 Å². The van der Waals surface area contributed by atoms with Gasteiger partial charge in [-0.15, -0.1) is 0 Å². The molecule has 6 nitrogen and oxygen atoms in total. The van der Waals surface area contributed by atoms with Crippen LogP contribution in [-0.4, -0.2) is 62.8 Å². The zero-order valence-corrected chi connectivity index (χ0v) is 17.4. The van der Waals surface area contributed by atoms with Crippen molar-refractivity contribution in [1.29, 1.82) is 0 Å². The van der Waals surface area contributed by atoms with Crippen molar-refractivity contribution in [2.45, 2.75) is 11.3 Å². The molecule has 3 rings (SSSR count). The van der Waals surface area contributed by atoms with E-state index in [2.05, 4.69) is 10.2 Å². The normalized spacial score (nSPS) is 15.9. The van der Waals surface area contributed by atoms with Gasteiger partial charge in [-0.2, -0.15) is 4.31 Å². The highest BCUT2D eigenvalue weighted by atomic mass is 35.5. The van der Waals surface area contributed by atoms with Crippen LogP contribution in [-0.2, 0) is 21.2 Å². The van der Waals surface area contributed by atoms with Gasteiger partial charge in [0.1, 0.15) is 5.82 Å². The van der Waals surface area contributed by atoms with Gasteiger partial charge in [0.2, 0.25) is 15.9 Å². The van der Waals surface area contributed by atoms with Crippen molar-refractivity contribution in [3.63, 3.8) is 0 Å². The van der Waals surface area contributed by atoms with Crippen LogP contribution < -0.4 is 5.32 Å². The Morgan fingerprint density at radius 3 is 2.24 bits per heavy atom. The van der Waals surface area contributed by atoms with Crippen LogP contribution in [0.1, 0.15) is 5.56 Å². The minimum atomic E-state index is -3.61. The SMILES string of the molecule is O=C(Cc1ccc(Cl)cc1)NCCN1CCN(S(=O)(=O)c2ccc(F)cc2)CC1. The molecule has 1 aliphatic heterocycles. The van der Waals surface area contributed by atoms with Gasteiger partial charge in [-0.25, -0.2) is 12.8 Å². The standard InChI is InChI=1S/C20H23ClFN3O3S/c21-17-3-1-16(2-4-17)15-20(26)23-9-10-24-11-13-25(14-12-24)29(27,28)19-7-5-18(22)6-8-19/h1-8H,9-15H2,(H,23,26). The second-order valence-corrected chi connectivity index (χ2v) is 9.23. The molecule has 1 amide bonds. The van der Waals surface area contributed by atoms with Crippen LogP contribution in [0.25, 0.3) is 0 Å². The number of halogens is 2. The van der Waals surface area contributed by atoms with Crippen molar-refractivity contribution < 1.29 is 17.6 Å². The second kappa shape index (κ2) is 9.67. The van der Waals surface area contributed by atoms with Crippen molar-refractivity contribution in [2.75, 3.05) is 39.3 Å². The van der Waals surface area contributed by atoms with Gasteiger partial charge in [-0.3, -0.25) is 9.69 Å². The first-order valence-corrected chi connectivity index (χ1v) is 11.2. The lowest BCUT2D eigenvalue weighted by Gasteiger charge is -2.33. The molecule has 9 heteroatoms. The summed E-state index contributed by atoms with van der Waals surface area (Å²) < 4.78 is 39.7. The number of nitrogens with zero attached hydrogens (tertiary/aromatic N) is 2. The van der Waals surface area contributed by atoms with E-state index in [0.29, 0.717) is 50.7 Å². The molecule has 2 aromatic rings. The van der Waals surface area contributed by atoms with E-state index in [1.165, 1.54) is 16.4 Å². The fourth-order valence-corrected chi connectivity index (χ4v) is 4.70. The first kappa shape index (κ1) is 21.7. The van der Waals surface area contributed by atoms with Crippen LogP contribution in [0.3, 0.4) is 0 Å². The molecular formula is C20H23ClFN3O3S. The lowest BCUT2D eigenvalue weighted by molar-refractivity contribution is -0.120. The zero-order chi connectivity index (χ0) is 20.9. The summed E-state index contributed by atoms with van der Waals surface area (Å²) in [6.45, 7) is 3.02. The van der Waals surface area contributed by atoms with E-state index in [9.17, 15) is 17.6 Å². The maximum atomic E-state index is 13.0. The number of carbonyl (C=O) groups excluding carboxylic acids is 1. The molecule has 0 aliphatic carbocycles. The molecule has 1 heterocycles. The summed E-state index contributed by atoms with van der Waals surface area (Å²) in [5, 5.41) is 3.52. The van der Waals surface area contributed by atoms with E-state index in [1.54, 1.807) is 12.1 Å². The van der Waals surface area contributed by atoms with E-state index in [0.717, 1.165) is 17.7 Å². The molecule has 0 unspecified atom stereocenters. The molecule has 0 aromatic heterocycles. The predicted molar refractivity (Wildman–Crippen MR) is 110 cm³/mol. The van der Waals surface area contributed by atoms with Crippen LogP contribution in [0.2, 0.25) is 5.02 Å². The van der Waals surface area contributed by atoms with Gasteiger partial charge in [0.15, 0.2) is 0 Å². The van der Waals surface area contributed by atoms with E-state index < -0.39 is 15.8 Å². The van der Waals surface area contributed by atoms with Gasteiger partial charge in [-0.05, 0) is 42.0 Å². The summed E-state index contributed by atoms with van der Waals surface area (Å²) in [4.78, 5) is 14.2. The van der Waals surface area contributed by atoms with Crippen molar-refractivity contribution >= 4 is 27.5 Å². The number of amides is 1. The highest BCUT2D eigenvalue weighted by Gasteiger charge is 2.28. The number of sulfonamides is 1. The monoisotopic (exact) mass is 439 g/mol. The molecule has 0 radical (unpaired) electrons. The van der Waals surface area contributed by atoms with E-state index in [-0.39, 0.29) is 10.8 Å². The number of nitrogens with one attached hydrogen (secondary N) is 1. The lowest BCUT2D eigenvalue weighted by Crippen LogP contribution is -2.50. The summed E-state index contributed by atoms with van der Waals surface area (Å²) >= 11 is 5.84. The minimum absolute atomic E-state index is 0.0650. The fraction of sp³-hybridized carbons (Fsp3) is 0.350. The number of benzene rings is 2. The predicted octanol–water partition coefficient (Wildman–Crippen LogP) is 2.14. The maximum Gasteiger partial charge on any atom is 0.243 e. The first-order chi connectivity index (χ1) is 13.8. The van der Waals surface area contributed by atoms with Gasteiger partial charge < -0.3 is 5.32 Å². The van der Waals surface area contributed by atoms with Crippen LogP contribution in [0, 0.1) is 5.82 Å². The van der Waals surface area contributed by atoms with Crippen molar-refractivity contribution in [3.8, 4) is 0 Å². The highest BCUT2D eigenvalue weighted by Crippen LogP contribution is 2.18. The number of hydrogen-bond acceptors (Lipinski definition) is 4. The Balaban J connectivity index is 1.41. The molecular weight excluding hydrogens is 417 g/mol. The van der Waals surface area contributed by atoms with Crippen LogP contribution in [0.4, 0.5) is 4.39 Å². The molecule has 1 saturated heterocycles. The Bertz CT molecular complexity index is 928. The number of piperazine rings is 1. The first-order valence-electron chi connectivity index (χ1n) is 9.34. The summed E-state index contributed by atoms with van der Waals surface area (Å²) in [6.07, 6.45) is 0.293. The third kappa shape index (κ3) is 5.99. The van der Waals surface area contributed by atoms with Gasteiger partial charge >= 0.3 is 0 Å². The second-order valence-electron chi connectivity index (χ2n) is 6.85. The smallest absolute Gasteiger partial charge is 0.243 e. The number of carbonyl (C=O) groups is 1. The third-order valence-electron chi connectivity index (χ3n) is 4.81. The quantitative estimate of drug-likeness (QED) is 0.717. The fourth-order valence-electron chi connectivity index (χ4n) is 3.15. The molecule has 0 bridgehead atoms. The van der Waals surface area contributed by atoms with E-state index in [1.807, 2.05) is 12.1 Å². The minimum Gasteiger partial charge on any atom is -0.355 e. The Morgan fingerprint density at radius 1 is 1.00 bits per heavy atom. The molecule has 2 aromatic carbocycles. The third-order valence-corrected chi connectivity index (χ3v) is 6.98. The molecule has 1 N–H and O–H groups in total. The van der Waals surface area contributed by atoms with Gasteiger partial charge in [0.25, 0.3) is 0 Å². The molecule has 0 spiro atoms. The largest absolute Gasteiger partial charge is 0.355 e.